The molecule has 1 aliphatic heterocycles. The summed E-state index contributed by atoms with van der Waals surface area (Å²) in [4.78, 5) is 81.0. The van der Waals surface area contributed by atoms with Crippen LogP contribution in [0.25, 0.3) is 0 Å². The van der Waals surface area contributed by atoms with Crippen LogP contribution in [0.1, 0.15) is 85.6 Å². The monoisotopic (exact) mass is 1670 g/mol. The summed E-state index contributed by atoms with van der Waals surface area (Å²) >= 11 is 26.4. The molecule has 107 heavy (non-hydrogen) atoms. The minimum absolute atomic E-state index is 0.0139. The first-order valence-corrected chi connectivity index (χ1v) is 50.2. The van der Waals surface area contributed by atoms with Crippen LogP contribution in [0.3, 0.4) is 0 Å². The van der Waals surface area contributed by atoms with Crippen LogP contribution >= 0.6 is 55.9 Å². The molecular formula is C68H73B5N9O12P8S5+5. The molecule has 0 saturated carbocycles. The fourth-order valence-corrected chi connectivity index (χ4v) is 21.4. The first-order valence-electron chi connectivity index (χ1n) is 33.1. The van der Waals surface area contributed by atoms with E-state index < -0.39 is 114 Å². The van der Waals surface area contributed by atoms with Gasteiger partial charge in [0.1, 0.15) is 126 Å². The predicted molar refractivity (Wildman–Crippen MR) is 461 cm³/mol. The lowest BCUT2D eigenvalue weighted by molar-refractivity contribution is -0.119. The minimum atomic E-state index is -4.81. The zero-order valence-corrected chi connectivity index (χ0v) is 70.3. The van der Waals surface area contributed by atoms with Crippen molar-refractivity contribution in [2.24, 2.45) is 19.5 Å². The molecule has 0 aromatic heterocycles. The van der Waals surface area contributed by atoms with Crippen molar-refractivity contribution in [2.45, 2.75) is 108 Å². The normalized spacial score (nSPS) is 18.6. The van der Waals surface area contributed by atoms with Crippen LogP contribution in [-0.4, -0.2) is 102 Å². The lowest BCUT2D eigenvalue weighted by Crippen LogP contribution is -2.22. The summed E-state index contributed by atoms with van der Waals surface area (Å²) in [5.74, 6) is -2.24. The van der Waals surface area contributed by atoms with Gasteiger partial charge in [-0.2, -0.15) is 0 Å². The number of allylic oxidation sites excluding steroid dienone is 2. The number of nitrogens with one attached hydrogen (secondary N) is 6. The second kappa shape index (κ2) is 40.5. The van der Waals surface area contributed by atoms with Crippen LogP contribution in [-0.2, 0) is 87.8 Å². The van der Waals surface area contributed by atoms with Crippen molar-refractivity contribution < 1.29 is 55.9 Å². The van der Waals surface area contributed by atoms with Gasteiger partial charge >= 0.3 is 60.8 Å². The third-order valence-electron chi connectivity index (χ3n) is 16.1. The van der Waals surface area contributed by atoms with Crippen LogP contribution < -0.4 is 59.0 Å². The van der Waals surface area contributed by atoms with E-state index in [1.54, 1.807) is 126 Å². The van der Waals surface area contributed by atoms with Crippen molar-refractivity contribution in [1.82, 2.24) is 0 Å². The Morgan fingerprint density at radius 3 is 0.944 bits per heavy atom. The number of anilines is 6. The van der Waals surface area contributed by atoms with Gasteiger partial charge in [-0.3, -0.25) is 28.8 Å². The maximum Gasteiger partial charge on any atom is 0.461 e. The van der Waals surface area contributed by atoms with E-state index in [0.717, 1.165) is 12.8 Å². The molecule has 10 radical (unpaired) electrons. The lowest BCUT2D eigenvalue weighted by Gasteiger charge is -2.33. The fourth-order valence-electron chi connectivity index (χ4n) is 9.40. The molecule has 0 fully saturated rings. The number of benzene rings is 7. The summed E-state index contributed by atoms with van der Waals surface area (Å²) in [7, 11) is 15.7. The van der Waals surface area contributed by atoms with E-state index in [2.05, 4.69) is 63.1 Å². The summed E-state index contributed by atoms with van der Waals surface area (Å²) in [5.41, 5.74) is -0.276. The zero-order chi connectivity index (χ0) is 77.8. The Balaban J connectivity index is 1.35. The van der Waals surface area contributed by atoms with E-state index in [-0.39, 0.29) is 52.0 Å². The van der Waals surface area contributed by atoms with Crippen molar-refractivity contribution in [3.63, 3.8) is 0 Å². The van der Waals surface area contributed by atoms with Crippen molar-refractivity contribution >= 4 is 222 Å². The summed E-state index contributed by atoms with van der Waals surface area (Å²) < 4.78 is 59.0. The molecule has 14 unspecified atom stereocenters. The number of hydrogen-bond acceptors (Lipinski definition) is 20. The molecule has 6 amide bonds. The number of rotatable bonds is 36. The Morgan fingerprint density at radius 1 is 0.374 bits per heavy atom. The van der Waals surface area contributed by atoms with E-state index in [1.165, 1.54) is 60.2 Å². The van der Waals surface area contributed by atoms with Crippen LogP contribution in [0.4, 0.5) is 34.1 Å². The van der Waals surface area contributed by atoms with Gasteiger partial charge < -0.3 is 59.0 Å². The highest BCUT2D eigenvalue weighted by Crippen LogP contribution is 2.79. The van der Waals surface area contributed by atoms with E-state index in [4.69, 9.17) is 138 Å². The molecule has 0 bridgehead atoms. The molecule has 21 nitrogen and oxygen atoms in total. The maximum atomic E-state index is 13.9. The highest BCUT2D eigenvalue weighted by atomic mass is 32.4. The number of carbonyl (C=O) groups is 6. The lowest BCUT2D eigenvalue weighted by atomic mass is 9.93. The third kappa shape index (κ3) is 25.8. The van der Waals surface area contributed by atoms with Gasteiger partial charge in [0.15, 0.2) is 28.3 Å². The van der Waals surface area contributed by atoms with Gasteiger partial charge in [0, 0.05) is 46.1 Å². The van der Waals surface area contributed by atoms with Crippen LogP contribution in [0.5, 0.6) is 34.5 Å². The van der Waals surface area contributed by atoms with Gasteiger partial charge in [0.05, 0.1) is 0 Å². The van der Waals surface area contributed by atoms with E-state index >= 15 is 0 Å². The predicted octanol–water partition coefficient (Wildman–Crippen LogP) is 18.6. The third-order valence-corrected chi connectivity index (χ3v) is 34.0. The second-order valence-electron chi connectivity index (χ2n) is 24.3. The van der Waals surface area contributed by atoms with Crippen molar-refractivity contribution in [3.05, 3.63) is 194 Å². The Labute approximate surface area is 660 Å². The molecule has 7 aromatic rings. The highest BCUT2D eigenvalue weighted by molar-refractivity contribution is 8.18. The molecule has 7 aromatic carbocycles. The number of carbonyl (C=O) groups excluding carboxylic acids is 6. The topological polar surface area (TPSA) is 267 Å². The average Bonchev–Trinajstić information content (AvgIpc) is 0.729. The molecule has 1 aliphatic rings. The molecule has 1 heterocycles. The molecule has 39 heteroatoms. The summed E-state index contributed by atoms with van der Waals surface area (Å²) in [5, 5.41) is 17.3. The van der Waals surface area contributed by atoms with Crippen molar-refractivity contribution in [1.29, 1.82) is 0 Å². The summed E-state index contributed by atoms with van der Waals surface area (Å²) in [6.07, 6.45) is 7.41. The number of nitrogens with zero attached hydrogens (tertiary/aromatic N) is 3. The number of amides is 6. The molecule has 6 N–H and O–H groups in total. The maximum absolute atomic E-state index is 13.9. The van der Waals surface area contributed by atoms with Gasteiger partial charge in [0.25, 0.3) is 29.5 Å². The molecule has 542 valence electrons. The average molecular weight is 1670 g/mol. The van der Waals surface area contributed by atoms with E-state index in [0.29, 0.717) is 47.2 Å². The molecule has 8 rings (SSSR count). The molecule has 0 aliphatic carbocycles. The largest absolute Gasteiger partial charge is 0.461 e. The van der Waals surface area contributed by atoms with E-state index in [9.17, 15) is 28.8 Å². The zero-order valence-electron chi connectivity index (χ0n) is 59.0. The van der Waals surface area contributed by atoms with Crippen molar-refractivity contribution in [3.8, 4) is 34.5 Å². The van der Waals surface area contributed by atoms with Crippen LogP contribution in [0.15, 0.2) is 202 Å². The summed E-state index contributed by atoms with van der Waals surface area (Å²) in [6, 6.07) is 47.5. The van der Waals surface area contributed by atoms with Gasteiger partial charge in [0.2, 0.25) is 5.91 Å². The fraction of sp³-hybridized carbons (Fsp3) is 0.265. The van der Waals surface area contributed by atoms with Gasteiger partial charge in [-0.25, -0.2) is 0 Å². The molecular weight excluding hydrogens is 1600 g/mol. The van der Waals surface area contributed by atoms with Crippen LogP contribution in [0, 0.1) is 5.92 Å². The van der Waals surface area contributed by atoms with Crippen molar-refractivity contribution in [2.75, 3.05) is 31.9 Å². The second-order valence-corrected chi connectivity index (χ2v) is 44.2. The Morgan fingerprint density at radius 2 is 0.654 bits per heavy atom. The van der Waals surface area contributed by atoms with Gasteiger partial charge in [-0.05, 0) is 205 Å². The standard InChI is InChI=1S/C68H73B5N9O12P8S5/c1-8-49(50-18-13-10-14-19-50)17-12-9-11-16-43(2)63(83)74-51-22-32-57(33-23-51)89-100(90-58-34-24-52(25-35-58)75-64(84)44(3)95(69)103)80-101(91-59-36-26-53(27-37-59)76-65(85)45(4)96(70)104,92-60-38-28-54(29-39-60)77-66(86)46(5)97(71)105)82-102(81-100,93-61-40-30-55(31-41-61)78-67(87)47(6)98(72)106)94-62-21-15-20-56(42-62)79-68(88)48(7)99(73)107/h9-10,12-15,18-49H,8,11,16-17H2,1-7H3,(H,74,83)(H,75,84)(H,76,85)(H,77,86)(H,78,87)(H,79,88)/q+5/b12-9+. The first-order chi connectivity index (χ1) is 50.8. The van der Waals surface area contributed by atoms with Gasteiger partial charge in [-0.1, -0.05) is 75.9 Å². The Kier molecular flexibility index (Phi) is 32.6. The molecule has 14 atom stereocenters. The smallest absolute Gasteiger partial charge is 0.413 e. The highest BCUT2D eigenvalue weighted by Gasteiger charge is 2.49. The quantitative estimate of drug-likeness (QED) is 0.0121. The van der Waals surface area contributed by atoms with Gasteiger partial charge in [-0.15, -0.1) is 0 Å². The molecule has 0 spiro atoms. The molecule has 0 saturated heterocycles. The van der Waals surface area contributed by atoms with Crippen LogP contribution in [0.2, 0.25) is 0 Å². The first kappa shape index (κ1) is 86.1. The summed E-state index contributed by atoms with van der Waals surface area (Å²) in [6.45, 7) is 4.28. The Bertz CT molecular complexity index is 4630. The SMILES string of the molecule is [B][P+](=S)C(C)C(=O)Nc1ccc(OP2(Oc3ccc(NC(=O)C(C)CC/C=C/CC(CC)c4ccccc4)cc3)=NP(Oc3ccc(NC(=O)C(C)[P+]([B])=S)cc3)(Oc3ccc(NC(=O)C(C)[P+]([B])=S)cc3)=NP(Oc3ccc(NC(=O)C(C)[P+]([B])=S)cc3)(Oc3cccc(NC(=O)C(C)[P+]([B])=S)c3)=N2)cc1. The van der Waals surface area contributed by atoms with E-state index in [1.807, 2.05) is 25.1 Å². The Hall–Kier alpha value is -6.49. The minimum Gasteiger partial charge on any atom is -0.413 e. The number of hydrogen-bond donors (Lipinski definition) is 6.